The summed E-state index contributed by atoms with van der Waals surface area (Å²) in [5, 5.41) is 0.453. The molecule has 0 spiro atoms. The zero-order valence-electron chi connectivity index (χ0n) is 18.4. The number of halogens is 2. The van der Waals surface area contributed by atoms with Crippen molar-refractivity contribution in [3.63, 3.8) is 0 Å². The molecule has 0 N–H and O–H groups in total. The van der Waals surface area contributed by atoms with Crippen LogP contribution >= 0.6 is 11.6 Å². The van der Waals surface area contributed by atoms with Crippen LogP contribution in [0.4, 0.5) is 0 Å². The van der Waals surface area contributed by atoms with E-state index < -0.39 is 0 Å². The molecule has 2 aromatic carbocycles. The first-order valence-corrected chi connectivity index (χ1v) is 9.56. The van der Waals surface area contributed by atoms with Crippen LogP contribution in [-0.2, 0) is 0 Å². The fourth-order valence-corrected chi connectivity index (χ4v) is 2.16. The van der Waals surface area contributed by atoms with Crippen molar-refractivity contribution in [2.75, 3.05) is 0 Å². The fourth-order valence-electron chi connectivity index (χ4n) is 1.94. The van der Waals surface area contributed by atoms with Gasteiger partial charge in [-0.2, -0.15) is 6.42 Å². The number of ketones is 1. The Hall–Kier alpha value is -0.554. The predicted octanol–water partition coefficient (Wildman–Crippen LogP) is 4.69. The summed E-state index contributed by atoms with van der Waals surface area (Å²) in [6.45, 7) is 12.2. The van der Waals surface area contributed by atoms with Gasteiger partial charge in [0.25, 0.3) is 0 Å². The summed E-state index contributed by atoms with van der Waals surface area (Å²) < 4.78 is 5.70. The molecule has 0 bridgehead atoms. The molecule has 158 valence electrons. The molecule has 0 unspecified atom stereocenters. The van der Waals surface area contributed by atoms with Gasteiger partial charge in [0, 0.05) is 12.0 Å². The van der Waals surface area contributed by atoms with Gasteiger partial charge in [-0.05, 0) is 42.7 Å². The summed E-state index contributed by atoms with van der Waals surface area (Å²) in [6, 6.07) is 14.6. The zero-order valence-corrected chi connectivity index (χ0v) is 22.1. The van der Waals surface area contributed by atoms with E-state index >= 15 is 0 Å². The molecule has 0 fully saturated rings. The summed E-state index contributed by atoms with van der Waals surface area (Å²) in [6.07, 6.45) is 2.49. The van der Waals surface area contributed by atoms with Crippen LogP contribution in [0.1, 0.15) is 57.3 Å². The van der Waals surface area contributed by atoms with Gasteiger partial charge in [-0.15, -0.1) is 0 Å². The first kappa shape index (κ1) is 33.1. The Bertz CT molecular complexity index is 676. The van der Waals surface area contributed by atoms with Gasteiger partial charge in [0.05, 0.1) is 5.02 Å². The molecular formula is C24H33BrClMgO2-. The normalized spacial score (nSPS) is 9.38. The minimum atomic E-state index is 0. The molecule has 5 heteroatoms. The van der Waals surface area contributed by atoms with Crippen molar-refractivity contribution in [2.45, 2.75) is 47.0 Å². The minimum absolute atomic E-state index is 0. The maximum atomic E-state index is 12.1. The van der Waals surface area contributed by atoms with Gasteiger partial charge in [0.15, 0.2) is 5.78 Å². The van der Waals surface area contributed by atoms with E-state index in [0.717, 1.165) is 24.5 Å². The van der Waals surface area contributed by atoms with Crippen molar-refractivity contribution in [3.8, 4) is 11.5 Å². The first-order valence-electron chi connectivity index (χ1n) is 9.18. The SMILES string of the molecule is CC(C)CCC(=O)c1ccc(Oc2ccccc2)c(Cl)c1.[Br-].[CH2-]CC(C)C.[CH3-].[Mg+2]. The maximum absolute atomic E-state index is 12.1. The molecule has 0 saturated heterocycles. The molecule has 0 radical (unpaired) electrons. The standard InChI is InChI=1S/C18H19ClO2.C5H11.CH3.BrH.Mg/c1-13(2)8-10-17(20)14-9-11-18(16(19)12-14)21-15-6-4-3-5-7-15;1-4-5(2)3;;;/h3-7,9,11-13H,8,10H2,1-2H3;5H,1,4H2,2-3H3;1H3;1H;/q;2*-1;;+2/p-1. The molecule has 0 amide bonds. The fraction of sp³-hybridized carbons (Fsp3) is 0.375. The van der Waals surface area contributed by atoms with E-state index in [2.05, 4.69) is 34.6 Å². The van der Waals surface area contributed by atoms with E-state index in [1.165, 1.54) is 0 Å². The quantitative estimate of drug-likeness (QED) is 0.318. The van der Waals surface area contributed by atoms with E-state index in [-0.39, 0.29) is 53.2 Å². The second kappa shape index (κ2) is 18.2. The number of hydrogen-bond donors (Lipinski definition) is 0. The molecular weight excluding hydrogens is 460 g/mol. The van der Waals surface area contributed by atoms with Gasteiger partial charge in [-0.1, -0.05) is 63.4 Å². The monoisotopic (exact) mass is 491 g/mol. The average molecular weight is 493 g/mol. The van der Waals surface area contributed by atoms with Crippen LogP contribution in [0.15, 0.2) is 48.5 Å². The van der Waals surface area contributed by atoms with Crippen LogP contribution < -0.4 is 21.7 Å². The van der Waals surface area contributed by atoms with Gasteiger partial charge in [0.2, 0.25) is 0 Å². The molecule has 0 aromatic heterocycles. The summed E-state index contributed by atoms with van der Waals surface area (Å²) in [7, 11) is 0. The molecule has 2 aromatic rings. The van der Waals surface area contributed by atoms with Crippen LogP contribution in [0.2, 0.25) is 5.02 Å². The maximum Gasteiger partial charge on any atom is 2.00 e. The smallest absolute Gasteiger partial charge is 1.00 e. The Kier molecular flexibility index (Phi) is 20.8. The average Bonchev–Trinajstić information content (AvgIpc) is 2.62. The Morgan fingerprint density at radius 2 is 1.59 bits per heavy atom. The van der Waals surface area contributed by atoms with E-state index in [9.17, 15) is 4.79 Å². The van der Waals surface area contributed by atoms with Crippen LogP contribution in [-0.4, -0.2) is 28.8 Å². The van der Waals surface area contributed by atoms with E-state index in [1.54, 1.807) is 18.2 Å². The molecule has 2 nitrogen and oxygen atoms in total. The van der Waals surface area contributed by atoms with Gasteiger partial charge in [-0.3, -0.25) is 4.79 Å². The summed E-state index contributed by atoms with van der Waals surface area (Å²) in [5.74, 6) is 2.69. The van der Waals surface area contributed by atoms with Crippen LogP contribution in [0.5, 0.6) is 11.5 Å². The first-order chi connectivity index (χ1) is 12.3. The van der Waals surface area contributed by atoms with Gasteiger partial charge >= 0.3 is 23.1 Å². The Balaban J connectivity index is -0.000000758. The number of carbonyl (C=O) groups is 1. The Morgan fingerprint density at radius 1 is 1.03 bits per heavy atom. The molecule has 0 aliphatic rings. The number of Topliss-reactive ketones (excluding diaryl/α,β-unsaturated/α-hetero) is 1. The molecule has 0 aliphatic heterocycles. The third-order valence-corrected chi connectivity index (χ3v) is 4.05. The Morgan fingerprint density at radius 3 is 2.03 bits per heavy atom. The number of carbonyl (C=O) groups excluding carboxylic acids is 1. The number of ether oxygens (including phenoxy) is 1. The van der Waals surface area contributed by atoms with Gasteiger partial charge in [0.1, 0.15) is 11.5 Å². The van der Waals surface area contributed by atoms with Gasteiger partial charge in [-0.25, -0.2) is 0 Å². The number of rotatable bonds is 7. The second-order valence-electron chi connectivity index (χ2n) is 7.10. The van der Waals surface area contributed by atoms with Crippen molar-refractivity contribution >= 4 is 40.4 Å². The third kappa shape index (κ3) is 14.1. The molecule has 2 rings (SSSR count). The van der Waals surface area contributed by atoms with Crippen molar-refractivity contribution < 1.29 is 26.5 Å². The van der Waals surface area contributed by atoms with Crippen molar-refractivity contribution in [1.29, 1.82) is 0 Å². The van der Waals surface area contributed by atoms with E-state index in [1.807, 2.05) is 30.3 Å². The molecule has 0 aliphatic carbocycles. The number of para-hydroxylation sites is 1. The number of benzene rings is 2. The van der Waals surface area contributed by atoms with Crippen LogP contribution in [0.25, 0.3) is 0 Å². The molecule has 0 heterocycles. The predicted molar refractivity (Wildman–Crippen MR) is 123 cm³/mol. The van der Waals surface area contributed by atoms with Crippen molar-refractivity contribution in [3.05, 3.63) is 73.5 Å². The van der Waals surface area contributed by atoms with E-state index in [0.29, 0.717) is 28.7 Å². The van der Waals surface area contributed by atoms with Crippen molar-refractivity contribution in [1.82, 2.24) is 0 Å². The van der Waals surface area contributed by atoms with Gasteiger partial charge < -0.3 is 36.1 Å². The molecule has 0 saturated carbocycles. The zero-order chi connectivity index (χ0) is 19.5. The van der Waals surface area contributed by atoms with Crippen LogP contribution in [0.3, 0.4) is 0 Å². The number of hydrogen-bond acceptors (Lipinski definition) is 2. The second-order valence-corrected chi connectivity index (χ2v) is 7.51. The summed E-state index contributed by atoms with van der Waals surface area (Å²) in [4.78, 5) is 12.1. The Labute approximate surface area is 209 Å². The van der Waals surface area contributed by atoms with Crippen LogP contribution in [0, 0.1) is 26.2 Å². The summed E-state index contributed by atoms with van der Waals surface area (Å²) >= 11 is 6.21. The topological polar surface area (TPSA) is 26.3 Å². The largest absolute Gasteiger partial charge is 2.00 e. The molecule has 0 atom stereocenters. The minimum Gasteiger partial charge on any atom is -1.00 e. The van der Waals surface area contributed by atoms with Crippen molar-refractivity contribution in [2.24, 2.45) is 11.8 Å². The molecule has 29 heavy (non-hydrogen) atoms. The summed E-state index contributed by atoms with van der Waals surface area (Å²) in [5.41, 5.74) is 0.640. The van der Waals surface area contributed by atoms with E-state index in [4.69, 9.17) is 16.3 Å². The third-order valence-electron chi connectivity index (χ3n) is 3.75.